The molecular weight excluding hydrogens is 396 g/mol. The third-order valence-corrected chi connectivity index (χ3v) is 6.80. The average Bonchev–Trinajstić information content (AvgIpc) is 3.54. The molecule has 1 aliphatic rings. The maximum atomic E-state index is 12.2. The number of benzene rings is 1. The van der Waals surface area contributed by atoms with Crippen molar-refractivity contribution in [1.82, 2.24) is 25.5 Å². The van der Waals surface area contributed by atoms with E-state index in [4.69, 9.17) is 0 Å². The normalized spacial score (nSPS) is 13.7. The summed E-state index contributed by atoms with van der Waals surface area (Å²) in [5.41, 5.74) is 5.99. The number of nitrogens with one attached hydrogen (secondary N) is 2. The molecule has 5 rings (SSSR count). The molecule has 0 saturated heterocycles. The van der Waals surface area contributed by atoms with Crippen LogP contribution in [0.5, 0.6) is 0 Å². The molecule has 30 heavy (non-hydrogen) atoms. The minimum atomic E-state index is -0.0223. The second-order valence-corrected chi connectivity index (χ2v) is 8.72. The smallest absolute Gasteiger partial charge is 0.251 e. The van der Waals surface area contributed by atoms with Crippen LogP contribution in [0.25, 0.3) is 20.4 Å². The van der Waals surface area contributed by atoms with Crippen molar-refractivity contribution in [3.63, 3.8) is 0 Å². The number of fused-ring (bicyclic) bond motifs is 3. The average molecular weight is 419 g/mol. The van der Waals surface area contributed by atoms with E-state index in [2.05, 4.69) is 43.8 Å². The molecule has 0 spiro atoms. The first-order valence-electron chi connectivity index (χ1n) is 10.0. The third-order valence-electron chi connectivity index (χ3n) is 5.73. The third kappa shape index (κ3) is 3.17. The van der Waals surface area contributed by atoms with Gasteiger partial charge in [-0.25, -0.2) is 9.97 Å². The molecule has 0 atom stereocenters. The van der Waals surface area contributed by atoms with Crippen LogP contribution < -0.4 is 10.6 Å². The molecule has 2 N–H and O–H groups in total. The topological polar surface area (TPSA) is 92.7 Å². The number of hydrogen-bond acceptors (Lipinski definition) is 7. The van der Waals surface area contributed by atoms with Crippen LogP contribution in [0.3, 0.4) is 0 Å². The van der Waals surface area contributed by atoms with Gasteiger partial charge < -0.3 is 10.6 Å². The number of nitrogens with zero attached hydrogens (tertiary/aromatic N) is 4. The number of amides is 1. The minimum absolute atomic E-state index is 0.0223. The molecule has 0 radical (unpaired) electrons. The van der Waals surface area contributed by atoms with Crippen LogP contribution in [-0.4, -0.2) is 33.1 Å². The van der Waals surface area contributed by atoms with Gasteiger partial charge in [-0.2, -0.15) is 5.10 Å². The van der Waals surface area contributed by atoms with E-state index < -0.39 is 0 Å². The van der Waals surface area contributed by atoms with Crippen LogP contribution in [0, 0.1) is 13.8 Å². The summed E-state index contributed by atoms with van der Waals surface area (Å²) in [7, 11) is 1.67. The summed E-state index contributed by atoms with van der Waals surface area (Å²) < 4.78 is 0.986. The van der Waals surface area contributed by atoms with Crippen LogP contribution in [-0.2, 0) is 6.54 Å². The zero-order valence-corrected chi connectivity index (χ0v) is 17.9. The fourth-order valence-corrected chi connectivity index (χ4v) is 4.89. The van der Waals surface area contributed by atoms with Crippen molar-refractivity contribution in [2.24, 2.45) is 0 Å². The zero-order chi connectivity index (χ0) is 20.8. The Hall–Kier alpha value is -3.13. The van der Waals surface area contributed by atoms with Gasteiger partial charge >= 0.3 is 0 Å². The maximum absolute atomic E-state index is 12.2. The van der Waals surface area contributed by atoms with Crippen molar-refractivity contribution in [1.29, 1.82) is 0 Å². The summed E-state index contributed by atoms with van der Waals surface area (Å²) in [5, 5.41) is 15.8. The first kappa shape index (κ1) is 18.9. The molecule has 1 aliphatic carbocycles. The SMILES string of the molecule is CNC(=O)c1ccc(CNc2ncnc3c2sc2nnc(C)c(C)c23)cc1C1CC1. The fourth-order valence-electron chi connectivity index (χ4n) is 3.79. The molecular formula is C22H22N6OS. The van der Waals surface area contributed by atoms with Gasteiger partial charge in [0.05, 0.1) is 15.9 Å². The second kappa shape index (κ2) is 7.28. The Kier molecular flexibility index (Phi) is 4.58. The predicted molar refractivity (Wildman–Crippen MR) is 119 cm³/mol. The molecule has 3 heterocycles. The first-order chi connectivity index (χ1) is 14.6. The maximum Gasteiger partial charge on any atom is 0.251 e. The Labute approximate surface area is 178 Å². The van der Waals surface area contributed by atoms with Gasteiger partial charge in [-0.05, 0) is 55.4 Å². The Morgan fingerprint density at radius 2 is 2.03 bits per heavy atom. The monoisotopic (exact) mass is 418 g/mol. The van der Waals surface area contributed by atoms with Crippen LogP contribution >= 0.6 is 11.3 Å². The number of carbonyl (C=O) groups is 1. The quantitative estimate of drug-likeness (QED) is 0.507. The Balaban J connectivity index is 1.48. The van der Waals surface area contributed by atoms with E-state index in [0.29, 0.717) is 12.5 Å². The Morgan fingerprint density at radius 3 is 2.80 bits per heavy atom. The lowest BCUT2D eigenvalue weighted by molar-refractivity contribution is 0.0962. The van der Waals surface area contributed by atoms with E-state index in [1.165, 1.54) is 0 Å². The van der Waals surface area contributed by atoms with Crippen LogP contribution in [0.2, 0.25) is 0 Å². The summed E-state index contributed by atoms with van der Waals surface area (Å²) in [6, 6.07) is 6.09. The summed E-state index contributed by atoms with van der Waals surface area (Å²) in [6.45, 7) is 4.64. The molecule has 8 heteroatoms. The van der Waals surface area contributed by atoms with E-state index in [9.17, 15) is 4.79 Å². The van der Waals surface area contributed by atoms with E-state index in [1.807, 2.05) is 19.1 Å². The summed E-state index contributed by atoms with van der Waals surface area (Å²) in [5.74, 6) is 1.27. The van der Waals surface area contributed by atoms with Crippen molar-refractivity contribution in [2.45, 2.75) is 39.2 Å². The van der Waals surface area contributed by atoms with Gasteiger partial charge in [0.2, 0.25) is 0 Å². The lowest BCUT2D eigenvalue weighted by atomic mass is 9.99. The number of aromatic nitrogens is 4. The second-order valence-electron chi connectivity index (χ2n) is 7.72. The van der Waals surface area contributed by atoms with Crippen LogP contribution in [0.15, 0.2) is 24.5 Å². The molecule has 1 saturated carbocycles. The molecule has 1 amide bonds. The molecule has 7 nitrogen and oxygen atoms in total. The van der Waals surface area contributed by atoms with Crippen molar-refractivity contribution in [2.75, 3.05) is 12.4 Å². The number of aryl methyl sites for hydroxylation is 2. The van der Waals surface area contributed by atoms with Crippen molar-refractivity contribution >= 4 is 43.5 Å². The number of carbonyl (C=O) groups excluding carboxylic acids is 1. The van der Waals surface area contributed by atoms with Gasteiger partial charge in [-0.3, -0.25) is 4.79 Å². The highest BCUT2D eigenvalue weighted by molar-refractivity contribution is 7.25. The Bertz CT molecular complexity index is 1290. The highest BCUT2D eigenvalue weighted by Crippen LogP contribution is 2.42. The van der Waals surface area contributed by atoms with E-state index >= 15 is 0 Å². The van der Waals surface area contributed by atoms with E-state index in [0.717, 1.165) is 67.0 Å². The molecule has 0 bridgehead atoms. The zero-order valence-electron chi connectivity index (χ0n) is 17.1. The lowest BCUT2D eigenvalue weighted by Crippen LogP contribution is -2.19. The highest BCUT2D eigenvalue weighted by atomic mass is 32.1. The fraction of sp³-hybridized carbons (Fsp3) is 0.318. The van der Waals surface area contributed by atoms with E-state index in [1.54, 1.807) is 24.7 Å². The van der Waals surface area contributed by atoms with Gasteiger partial charge in [0.15, 0.2) is 0 Å². The summed E-state index contributed by atoms with van der Waals surface area (Å²) in [4.78, 5) is 22.1. The van der Waals surface area contributed by atoms with Crippen molar-refractivity contribution in [3.05, 3.63) is 52.5 Å². The van der Waals surface area contributed by atoms with Crippen molar-refractivity contribution in [3.8, 4) is 0 Å². The highest BCUT2D eigenvalue weighted by Gasteiger charge is 2.28. The predicted octanol–water partition coefficient (Wildman–Crippen LogP) is 4.10. The standard InChI is InChI=1S/C22H22N6OS/c1-11-12(2)27-28-22-17(11)18-19(30-22)20(26-10-25-18)24-9-13-4-7-15(21(29)23-3)16(8-13)14-5-6-14/h4,7-8,10,14H,5-6,9H2,1-3H3,(H,23,29)(H,24,25,26). The number of anilines is 1. The molecule has 0 unspecified atom stereocenters. The van der Waals surface area contributed by atoms with Gasteiger partial charge in [-0.15, -0.1) is 16.4 Å². The summed E-state index contributed by atoms with van der Waals surface area (Å²) >= 11 is 1.56. The van der Waals surface area contributed by atoms with Gasteiger partial charge in [0, 0.05) is 24.5 Å². The number of rotatable bonds is 5. The number of hydrogen-bond donors (Lipinski definition) is 2. The van der Waals surface area contributed by atoms with Gasteiger partial charge in [0.25, 0.3) is 5.91 Å². The van der Waals surface area contributed by atoms with Crippen LogP contribution in [0.4, 0.5) is 5.82 Å². The molecule has 1 aromatic carbocycles. The van der Waals surface area contributed by atoms with Crippen LogP contribution in [0.1, 0.15) is 51.5 Å². The molecule has 0 aliphatic heterocycles. The first-order valence-corrected chi connectivity index (χ1v) is 10.8. The van der Waals surface area contributed by atoms with Gasteiger partial charge in [-0.1, -0.05) is 12.1 Å². The molecule has 3 aromatic heterocycles. The molecule has 4 aromatic rings. The van der Waals surface area contributed by atoms with E-state index in [-0.39, 0.29) is 5.91 Å². The van der Waals surface area contributed by atoms with Crippen molar-refractivity contribution < 1.29 is 4.79 Å². The molecule has 152 valence electrons. The molecule has 1 fully saturated rings. The lowest BCUT2D eigenvalue weighted by Gasteiger charge is -2.11. The summed E-state index contributed by atoms with van der Waals surface area (Å²) in [6.07, 6.45) is 3.89. The van der Waals surface area contributed by atoms with Gasteiger partial charge in [0.1, 0.15) is 17.0 Å². The Morgan fingerprint density at radius 1 is 1.20 bits per heavy atom. The largest absolute Gasteiger partial charge is 0.365 e. The minimum Gasteiger partial charge on any atom is -0.365 e. The number of thiophene rings is 1.